The fourth-order valence-corrected chi connectivity index (χ4v) is 1.82. The molecule has 6 heteroatoms. The predicted molar refractivity (Wildman–Crippen MR) is 69.2 cm³/mol. The van der Waals surface area contributed by atoms with Crippen molar-refractivity contribution in [1.82, 2.24) is 0 Å². The molecule has 0 aliphatic heterocycles. The number of nitrogen functional groups attached to an aromatic ring is 1. The van der Waals surface area contributed by atoms with E-state index in [9.17, 15) is 13.2 Å². The lowest BCUT2D eigenvalue weighted by Crippen LogP contribution is -2.00. The monoisotopic (exact) mass is 331 g/mol. The molecule has 0 spiro atoms. The van der Waals surface area contributed by atoms with Crippen molar-refractivity contribution in [2.75, 3.05) is 5.73 Å². The van der Waals surface area contributed by atoms with Crippen LogP contribution in [0.25, 0.3) is 0 Å². The molecule has 19 heavy (non-hydrogen) atoms. The van der Waals surface area contributed by atoms with E-state index in [0.717, 1.165) is 18.2 Å². The number of hydrogen-bond acceptors (Lipinski definition) is 2. The maximum Gasteiger partial charge on any atom is 0.159 e. The molecule has 0 radical (unpaired) electrons. The minimum absolute atomic E-state index is 0.0392. The second-order valence-electron chi connectivity index (χ2n) is 3.84. The quantitative estimate of drug-likeness (QED) is 0.862. The van der Waals surface area contributed by atoms with E-state index in [1.165, 1.54) is 12.1 Å². The highest BCUT2D eigenvalue weighted by atomic mass is 79.9. The Bertz CT molecular complexity index is 619. The van der Waals surface area contributed by atoms with Crippen LogP contribution in [0.5, 0.6) is 5.75 Å². The summed E-state index contributed by atoms with van der Waals surface area (Å²) >= 11 is 2.99. The Morgan fingerprint density at radius 2 is 1.74 bits per heavy atom. The van der Waals surface area contributed by atoms with Gasteiger partial charge in [0.05, 0.1) is 10.2 Å². The standard InChI is InChI=1S/C13H9BrF3NO/c14-8-4-12(18)13(5-10(8)16)19-6-7-1-2-9(15)11(17)3-7/h1-5H,6,18H2. The lowest BCUT2D eigenvalue weighted by Gasteiger charge is -2.10. The molecule has 2 rings (SSSR count). The van der Waals surface area contributed by atoms with Gasteiger partial charge in [0, 0.05) is 6.07 Å². The number of halogens is 4. The van der Waals surface area contributed by atoms with Gasteiger partial charge < -0.3 is 10.5 Å². The van der Waals surface area contributed by atoms with Gasteiger partial charge in [0.1, 0.15) is 18.2 Å². The lowest BCUT2D eigenvalue weighted by molar-refractivity contribution is 0.305. The number of ether oxygens (including phenoxy) is 1. The topological polar surface area (TPSA) is 35.2 Å². The van der Waals surface area contributed by atoms with Crippen molar-refractivity contribution in [1.29, 1.82) is 0 Å². The molecule has 0 saturated heterocycles. The van der Waals surface area contributed by atoms with Gasteiger partial charge in [0.2, 0.25) is 0 Å². The minimum Gasteiger partial charge on any atom is -0.487 e. The van der Waals surface area contributed by atoms with E-state index >= 15 is 0 Å². The Balaban J connectivity index is 2.14. The smallest absolute Gasteiger partial charge is 0.159 e. The zero-order chi connectivity index (χ0) is 14.0. The predicted octanol–water partition coefficient (Wildman–Crippen LogP) is 4.03. The molecule has 0 heterocycles. The van der Waals surface area contributed by atoms with Gasteiger partial charge in [-0.2, -0.15) is 0 Å². The van der Waals surface area contributed by atoms with Crippen molar-refractivity contribution >= 4 is 21.6 Å². The zero-order valence-electron chi connectivity index (χ0n) is 9.59. The summed E-state index contributed by atoms with van der Waals surface area (Å²) in [5.74, 6) is -2.27. The molecule has 100 valence electrons. The van der Waals surface area contributed by atoms with E-state index in [2.05, 4.69) is 15.9 Å². The molecule has 0 saturated carbocycles. The normalized spacial score (nSPS) is 10.5. The van der Waals surface area contributed by atoms with Crippen molar-refractivity contribution in [3.63, 3.8) is 0 Å². The van der Waals surface area contributed by atoms with E-state index in [0.29, 0.717) is 5.56 Å². The largest absolute Gasteiger partial charge is 0.487 e. The van der Waals surface area contributed by atoms with Crippen LogP contribution in [0, 0.1) is 17.5 Å². The first kappa shape index (κ1) is 13.7. The second kappa shape index (κ2) is 5.52. The van der Waals surface area contributed by atoms with E-state index in [1.54, 1.807) is 0 Å². The van der Waals surface area contributed by atoms with Crippen molar-refractivity contribution in [2.24, 2.45) is 0 Å². The van der Waals surface area contributed by atoms with Crippen molar-refractivity contribution < 1.29 is 17.9 Å². The summed E-state index contributed by atoms with van der Waals surface area (Å²) in [4.78, 5) is 0. The van der Waals surface area contributed by atoms with E-state index in [1.807, 2.05) is 0 Å². The Morgan fingerprint density at radius 1 is 1.00 bits per heavy atom. The van der Waals surface area contributed by atoms with Gasteiger partial charge >= 0.3 is 0 Å². The fraction of sp³-hybridized carbons (Fsp3) is 0.0769. The van der Waals surface area contributed by atoms with Gasteiger partial charge in [-0.3, -0.25) is 0 Å². The molecular weight excluding hydrogens is 323 g/mol. The van der Waals surface area contributed by atoms with Crippen LogP contribution in [0.3, 0.4) is 0 Å². The summed E-state index contributed by atoms with van der Waals surface area (Å²) in [6, 6.07) is 5.89. The Labute approximate surface area is 116 Å². The highest BCUT2D eigenvalue weighted by Crippen LogP contribution is 2.29. The molecule has 2 aromatic rings. The summed E-state index contributed by atoms with van der Waals surface area (Å²) < 4.78 is 44.5. The Kier molecular flexibility index (Phi) is 3.99. The number of nitrogens with two attached hydrogens (primary N) is 1. The molecule has 0 fully saturated rings. The molecule has 0 aliphatic carbocycles. The summed E-state index contributed by atoms with van der Waals surface area (Å²) in [5, 5.41) is 0. The second-order valence-corrected chi connectivity index (χ2v) is 4.70. The van der Waals surface area contributed by atoms with Crippen LogP contribution in [0.15, 0.2) is 34.8 Å². The van der Waals surface area contributed by atoms with E-state index in [-0.39, 0.29) is 22.5 Å². The molecular formula is C13H9BrF3NO. The van der Waals surface area contributed by atoms with Crippen molar-refractivity contribution in [2.45, 2.75) is 6.61 Å². The van der Waals surface area contributed by atoms with Crippen molar-refractivity contribution in [3.8, 4) is 5.75 Å². The summed E-state index contributed by atoms with van der Waals surface area (Å²) in [5.41, 5.74) is 6.32. The number of benzene rings is 2. The maximum absolute atomic E-state index is 13.3. The van der Waals surface area contributed by atoms with Crippen LogP contribution in [0.1, 0.15) is 5.56 Å². The molecule has 0 aliphatic rings. The minimum atomic E-state index is -0.962. The number of anilines is 1. The molecule has 0 aromatic heterocycles. The molecule has 0 unspecified atom stereocenters. The van der Waals surface area contributed by atoms with Crippen LogP contribution in [0.4, 0.5) is 18.9 Å². The van der Waals surface area contributed by atoms with Crippen LogP contribution < -0.4 is 10.5 Å². The van der Waals surface area contributed by atoms with Gasteiger partial charge in [0.15, 0.2) is 11.6 Å². The zero-order valence-corrected chi connectivity index (χ0v) is 11.2. The van der Waals surface area contributed by atoms with Gasteiger partial charge in [-0.25, -0.2) is 13.2 Å². The molecule has 0 atom stereocenters. The van der Waals surface area contributed by atoms with Gasteiger partial charge in [-0.05, 0) is 39.7 Å². The molecule has 2 aromatic carbocycles. The Morgan fingerprint density at radius 3 is 2.42 bits per heavy atom. The average molecular weight is 332 g/mol. The van der Waals surface area contributed by atoms with Gasteiger partial charge in [0.25, 0.3) is 0 Å². The average Bonchev–Trinajstić information content (AvgIpc) is 2.36. The van der Waals surface area contributed by atoms with Crippen LogP contribution >= 0.6 is 15.9 Å². The Hall–Kier alpha value is -1.69. The summed E-state index contributed by atoms with van der Waals surface area (Å²) in [7, 11) is 0. The van der Waals surface area contributed by atoms with Crippen molar-refractivity contribution in [3.05, 3.63) is 57.8 Å². The molecule has 2 nitrogen and oxygen atoms in total. The lowest BCUT2D eigenvalue weighted by atomic mass is 10.2. The maximum atomic E-state index is 13.3. The molecule has 0 amide bonds. The van der Waals surface area contributed by atoms with E-state index < -0.39 is 17.5 Å². The summed E-state index contributed by atoms with van der Waals surface area (Å²) in [6.45, 7) is -0.0392. The SMILES string of the molecule is Nc1cc(Br)c(F)cc1OCc1ccc(F)c(F)c1. The summed E-state index contributed by atoms with van der Waals surface area (Å²) in [6.07, 6.45) is 0. The first-order chi connectivity index (χ1) is 8.97. The van der Waals surface area contributed by atoms with Gasteiger partial charge in [-0.1, -0.05) is 6.07 Å². The first-order valence-corrected chi connectivity index (χ1v) is 6.08. The van der Waals surface area contributed by atoms with Crippen LogP contribution in [-0.2, 0) is 6.61 Å². The van der Waals surface area contributed by atoms with Gasteiger partial charge in [-0.15, -0.1) is 0 Å². The van der Waals surface area contributed by atoms with Crippen LogP contribution in [-0.4, -0.2) is 0 Å². The molecule has 2 N–H and O–H groups in total. The molecule has 0 bridgehead atoms. The highest BCUT2D eigenvalue weighted by molar-refractivity contribution is 9.10. The highest BCUT2D eigenvalue weighted by Gasteiger charge is 2.08. The fourth-order valence-electron chi connectivity index (χ4n) is 1.46. The van der Waals surface area contributed by atoms with E-state index in [4.69, 9.17) is 10.5 Å². The van der Waals surface area contributed by atoms with Crippen LogP contribution in [0.2, 0.25) is 0 Å². The number of hydrogen-bond donors (Lipinski definition) is 1. The third-order valence-corrected chi connectivity index (χ3v) is 3.04. The third kappa shape index (κ3) is 3.20. The first-order valence-electron chi connectivity index (χ1n) is 5.28. The third-order valence-electron chi connectivity index (χ3n) is 2.43. The number of rotatable bonds is 3.